The van der Waals surface area contributed by atoms with E-state index in [9.17, 15) is 17.3 Å². The van der Waals surface area contributed by atoms with Gasteiger partial charge in [-0.3, -0.25) is 0 Å². The van der Waals surface area contributed by atoms with Crippen LogP contribution < -0.4 is 0 Å². The van der Waals surface area contributed by atoms with Crippen LogP contribution in [0.3, 0.4) is 0 Å². The van der Waals surface area contributed by atoms with Gasteiger partial charge in [0.05, 0.1) is 5.56 Å². The van der Waals surface area contributed by atoms with Crippen molar-refractivity contribution in [1.82, 2.24) is 0 Å². The van der Waals surface area contributed by atoms with Gasteiger partial charge in [0.1, 0.15) is 4.70 Å². The Balaban J connectivity index is 0.000000282. The molecule has 0 aliphatic carbocycles. The van der Waals surface area contributed by atoms with Crippen LogP contribution in [-0.4, -0.2) is 7.25 Å². The van der Waals surface area contributed by atoms with Crippen molar-refractivity contribution in [3.05, 3.63) is 54.1 Å². The average molecular weight is 314 g/mol. The van der Waals surface area contributed by atoms with Crippen molar-refractivity contribution in [3.63, 3.8) is 0 Å². The highest BCUT2D eigenvalue weighted by molar-refractivity contribution is 7.21. The smallest absolute Gasteiger partial charge is 0.418 e. The Morgan fingerprint density at radius 2 is 1.48 bits per heavy atom. The molecule has 2 aromatic carbocycles. The maximum absolute atomic E-state index is 9.75. The fourth-order valence-electron chi connectivity index (χ4n) is 1.65. The van der Waals surface area contributed by atoms with Gasteiger partial charge in [-0.1, -0.05) is 29.8 Å². The standard InChI is InChI=1S/C14H11OS.BF4/c1-10-6-8-11(9-7-10)14-15-12-4-2-3-5-13(12)16-14;2-1(3,4)5/h2-9H,1H3;/q+1;-1. The molecule has 0 N–H and O–H groups in total. The second-order valence-corrected chi connectivity index (χ2v) is 5.31. The Morgan fingerprint density at radius 3 is 2.05 bits per heavy atom. The van der Waals surface area contributed by atoms with Crippen LogP contribution in [0.25, 0.3) is 20.9 Å². The third-order valence-corrected chi connectivity index (χ3v) is 3.60. The molecular formula is C14H11BF4OS. The largest absolute Gasteiger partial charge is 0.673 e. The quantitative estimate of drug-likeness (QED) is 0.302. The van der Waals surface area contributed by atoms with Crippen LogP contribution >= 0.6 is 11.3 Å². The predicted octanol–water partition coefficient (Wildman–Crippen LogP) is 6.05. The molecule has 0 radical (unpaired) electrons. The van der Waals surface area contributed by atoms with Crippen molar-refractivity contribution in [1.29, 1.82) is 0 Å². The van der Waals surface area contributed by atoms with Gasteiger partial charge in [0.15, 0.2) is 0 Å². The Hall–Kier alpha value is -1.89. The van der Waals surface area contributed by atoms with Gasteiger partial charge >= 0.3 is 17.9 Å². The summed E-state index contributed by atoms with van der Waals surface area (Å²) in [6.07, 6.45) is 0. The first-order valence-corrected chi connectivity index (χ1v) is 6.90. The average Bonchev–Trinajstić information content (AvgIpc) is 2.81. The first kappa shape index (κ1) is 15.5. The molecule has 0 saturated heterocycles. The van der Waals surface area contributed by atoms with E-state index in [0.29, 0.717) is 0 Å². The Morgan fingerprint density at radius 1 is 0.905 bits per heavy atom. The number of aryl methyl sites for hydroxylation is 1. The molecule has 3 aromatic rings. The van der Waals surface area contributed by atoms with Crippen LogP contribution in [0.15, 0.2) is 52.9 Å². The van der Waals surface area contributed by atoms with Gasteiger partial charge in [-0.25, -0.2) is 0 Å². The van der Waals surface area contributed by atoms with E-state index in [1.807, 2.05) is 18.2 Å². The Labute approximate surface area is 123 Å². The molecule has 0 spiro atoms. The number of halogens is 4. The summed E-state index contributed by atoms with van der Waals surface area (Å²) in [5.74, 6) is 0. The molecule has 0 unspecified atom stereocenters. The summed E-state index contributed by atoms with van der Waals surface area (Å²) in [5.41, 5.74) is 3.37. The minimum atomic E-state index is -6.00. The molecule has 0 saturated carbocycles. The maximum atomic E-state index is 9.75. The molecule has 1 heterocycles. The van der Waals surface area contributed by atoms with Crippen LogP contribution in [0.1, 0.15) is 5.56 Å². The molecule has 3 rings (SSSR count). The van der Waals surface area contributed by atoms with E-state index in [1.165, 1.54) is 10.3 Å². The van der Waals surface area contributed by atoms with Gasteiger partial charge in [0.25, 0.3) is 0 Å². The van der Waals surface area contributed by atoms with Crippen molar-refractivity contribution >= 4 is 28.9 Å². The minimum Gasteiger partial charge on any atom is -0.418 e. The number of para-hydroxylation sites is 1. The Kier molecular flexibility index (Phi) is 4.62. The molecule has 0 fully saturated rings. The van der Waals surface area contributed by atoms with Gasteiger partial charge < -0.3 is 17.3 Å². The predicted molar refractivity (Wildman–Crippen MR) is 78.9 cm³/mol. The van der Waals surface area contributed by atoms with Gasteiger partial charge in [-0.15, -0.1) is 0 Å². The van der Waals surface area contributed by atoms with Crippen molar-refractivity contribution in [2.75, 3.05) is 0 Å². The molecule has 0 atom stereocenters. The summed E-state index contributed by atoms with van der Waals surface area (Å²) in [7, 11) is -6.00. The monoisotopic (exact) mass is 314 g/mol. The first-order valence-electron chi connectivity index (χ1n) is 6.09. The van der Waals surface area contributed by atoms with E-state index in [4.69, 9.17) is 4.42 Å². The van der Waals surface area contributed by atoms with Crippen molar-refractivity contribution in [3.8, 4) is 10.6 Å². The van der Waals surface area contributed by atoms with E-state index in [2.05, 4.69) is 37.3 Å². The van der Waals surface area contributed by atoms with Gasteiger partial charge in [0.2, 0.25) is 0 Å². The van der Waals surface area contributed by atoms with Gasteiger partial charge in [-0.05, 0) is 36.5 Å². The van der Waals surface area contributed by atoms with E-state index < -0.39 is 7.25 Å². The van der Waals surface area contributed by atoms with E-state index in [-0.39, 0.29) is 0 Å². The highest BCUT2D eigenvalue weighted by atomic mass is 32.1. The van der Waals surface area contributed by atoms with Crippen LogP contribution in [-0.2, 0) is 0 Å². The highest BCUT2D eigenvalue weighted by Crippen LogP contribution is 2.33. The molecule has 21 heavy (non-hydrogen) atoms. The summed E-state index contributed by atoms with van der Waals surface area (Å²) in [6, 6.07) is 16.5. The first-order chi connectivity index (χ1) is 9.83. The lowest BCUT2D eigenvalue weighted by Gasteiger charge is -1.94. The third kappa shape index (κ3) is 4.86. The van der Waals surface area contributed by atoms with Crippen LogP contribution in [0, 0.1) is 6.92 Å². The second kappa shape index (κ2) is 6.26. The molecule has 0 amide bonds. The molecule has 110 valence electrons. The fraction of sp³-hybridized carbons (Fsp3) is 0.0714. The van der Waals surface area contributed by atoms with Crippen LogP contribution in [0.5, 0.6) is 0 Å². The molecule has 0 bridgehead atoms. The number of hydrogen-bond donors (Lipinski definition) is 0. The van der Waals surface area contributed by atoms with Gasteiger partial charge in [-0.2, -0.15) is 4.42 Å². The number of rotatable bonds is 1. The Bertz CT molecular complexity index is 683. The molecular weight excluding hydrogens is 303 g/mol. The molecule has 1 aromatic heterocycles. The van der Waals surface area contributed by atoms with Crippen molar-refractivity contribution in [2.24, 2.45) is 0 Å². The van der Waals surface area contributed by atoms with E-state index >= 15 is 0 Å². The third-order valence-electron chi connectivity index (χ3n) is 2.54. The summed E-state index contributed by atoms with van der Waals surface area (Å²) in [5, 5.41) is 0.973. The minimum absolute atomic E-state index is 0.961. The van der Waals surface area contributed by atoms with E-state index in [1.54, 1.807) is 11.3 Å². The zero-order valence-electron chi connectivity index (χ0n) is 11.0. The van der Waals surface area contributed by atoms with Crippen molar-refractivity contribution in [2.45, 2.75) is 6.92 Å². The maximum Gasteiger partial charge on any atom is 0.673 e. The zero-order chi connectivity index (χ0) is 15.5. The number of fused-ring (bicyclic) bond motifs is 1. The second-order valence-electron chi connectivity index (χ2n) is 4.30. The van der Waals surface area contributed by atoms with Gasteiger partial charge in [0, 0.05) is 6.07 Å². The van der Waals surface area contributed by atoms with E-state index in [0.717, 1.165) is 16.2 Å². The summed E-state index contributed by atoms with van der Waals surface area (Å²) in [6.45, 7) is 2.09. The summed E-state index contributed by atoms with van der Waals surface area (Å²) in [4.78, 5) is 0. The van der Waals surface area contributed by atoms with Crippen LogP contribution in [0.4, 0.5) is 17.3 Å². The zero-order valence-corrected chi connectivity index (χ0v) is 11.8. The SMILES string of the molecule is Cc1ccc(-c2[o+]c3ccccc3s2)cc1.F[B-](F)(F)F. The fourth-order valence-corrected chi connectivity index (χ4v) is 2.59. The van der Waals surface area contributed by atoms with Crippen molar-refractivity contribution < 1.29 is 21.7 Å². The summed E-state index contributed by atoms with van der Waals surface area (Å²) < 4.78 is 46.0. The van der Waals surface area contributed by atoms with Crippen LogP contribution in [0.2, 0.25) is 0 Å². The normalized spacial score (nSPS) is 11.1. The topological polar surface area (TPSA) is 11.3 Å². The number of benzene rings is 2. The lowest BCUT2D eigenvalue weighted by molar-refractivity contribution is 0.368. The number of hydrogen-bond acceptors (Lipinski definition) is 1. The lowest BCUT2D eigenvalue weighted by Crippen LogP contribution is -2.02. The molecule has 0 aliphatic rings. The molecule has 7 heteroatoms. The molecule has 1 nitrogen and oxygen atoms in total. The lowest BCUT2D eigenvalue weighted by atomic mass is 10.2. The highest BCUT2D eigenvalue weighted by Gasteiger charge is 2.20. The summed E-state index contributed by atoms with van der Waals surface area (Å²) >= 11 is 1.69. The molecule has 0 aliphatic heterocycles.